The van der Waals surface area contributed by atoms with Crippen molar-refractivity contribution < 1.29 is 14.5 Å². The Bertz CT molecular complexity index is 1080. The molecule has 30 heavy (non-hydrogen) atoms. The summed E-state index contributed by atoms with van der Waals surface area (Å²) in [4.78, 5) is 30.3. The van der Waals surface area contributed by atoms with E-state index < -0.39 is 10.9 Å². The highest BCUT2D eigenvalue weighted by atomic mass is 16.6. The summed E-state index contributed by atoms with van der Waals surface area (Å²) in [5.41, 5.74) is 3.12. The number of fused-ring (bicyclic) bond motifs is 1. The third kappa shape index (κ3) is 4.12. The van der Waals surface area contributed by atoms with Crippen molar-refractivity contribution in [1.82, 2.24) is 9.38 Å². The van der Waals surface area contributed by atoms with Crippen LogP contribution in [0.5, 0.6) is 0 Å². The molecule has 3 heterocycles. The lowest BCUT2D eigenvalue weighted by molar-refractivity contribution is -0.384. The molecular weight excluding hydrogens is 384 g/mol. The number of nitrogens with zero attached hydrogens (tertiary/aromatic N) is 4. The molecule has 2 aromatic heterocycles. The van der Waals surface area contributed by atoms with Gasteiger partial charge in [0, 0.05) is 31.5 Å². The number of benzene rings is 1. The Morgan fingerprint density at radius 2 is 1.97 bits per heavy atom. The monoisotopic (exact) mass is 408 g/mol. The molecule has 8 nitrogen and oxygen atoms in total. The molecule has 8 heteroatoms. The van der Waals surface area contributed by atoms with Gasteiger partial charge in [0.2, 0.25) is 0 Å². The minimum atomic E-state index is -0.603. The first kappa shape index (κ1) is 19.9. The summed E-state index contributed by atoms with van der Waals surface area (Å²) in [6.07, 6.45) is 7.99. The van der Waals surface area contributed by atoms with Gasteiger partial charge in [-0.3, -0.25) is 10.1 Å². The highest BCUT2D eigenvalue weighted by Gasteiger charge is 2.23. The summed E-state index contributed by atoms with van der Waals surface area (Å²) >= 11 is 0. The molecule has 0 saturated carbocycles. The molecule has 0 aliphatic carbocycles. The smallest absolute Gasteiger partial charge is 0.338 e. The number of nitro groups is 1. The van der Waals surface area contributed by atoms with Crippen LogP contribution in [0.3, 0.4) is 0 Å². The van der Waals surface area contributed by atoms with Crippen LogP contribution in [0.4, 0.5) is 11.4 Å². The molecule has 1 saturated heterocycles. The number of aryl methyl sites for hydroxylation is 1. The molecule has 1 fully saturated rings. The van der Waals surface area contributed by atoms with E-state index in [0.29, 0.717) is 11.4 Å². The number of ether oxygens (including phenoxy) is 1. The van der Waals surface area contributed by atoms with E-state index in [4.69, 9.17) is 4.74 Å². The lowest BCUT2D eigenvalue weighted by Gasteiger charge is -2.22. The minimum absolute atomic E-state index is 0.00161. The summed E-state index contributed by atoms with van der Waals surface area (Å²) in [6.45, 7) is 3.54. The fraction of sp³-hybridized carbons (Fsp3) is 0.364. The van der Waals surface area contributed by atoms with Crippen molar-refractivity contribution in [3.8, 4) is 0 Å². The highest BCUT2D eigenvalue weighted by Crippen LogP contribution is 2.31. The molecule has 3 aromatic rings. The fourth-order valence-electron chi connectivity index (χ4n) is 3.87. The summed E-state index contributed by atoms with van der Waals surface area (Å²) in [5.74, 6) is -0.603. The second kappa shape index (κ2) is 8.52. The van der Waals surface area contributed by atoms with E-state index in [-0.39, 0.29) is 17.9 Å². The van der Waals surface area contributed by atoms with Crippen LogP contribution in [0.2, 0.25) is 0 Å². The van der Waals surface area contributed by atoms with Crippen molar-refractivity contribution in [1.29, 1.82) is 0 Å². The van der Waals surface area contributed by atoms with Crippen molar-refractivity contribution in [2.45, 2.75) is 39.2 Å². The van der Waals surface area contributed by atoms with E-state index >= 15 is 0 Å². The van der Waals surface area contributed by atoms with Crippen LogP contribution in [0.25, 0.3) is 5.65 Å². The molecule has 0 bridgehead atoms. The van der Waals surface area contributed by atoms with Gasteiger partial charge in [-0.15, -0.1) is 0 Å². The minimum Gasteiger partial charge on any atom is -0.456 e. The highest BCUT2D eigenvalue weighted by molar-refractivity contribution is 5.91. The van der Waals surface area contributed by atoms with Gasteiger partial charge >= 0.3 is 5.97 Å². The number of carbonyl (C=O) groups is 1. The largest absolute Gasteiger partial charge is 0.456 e. The van der Waals surface area contributed by atoms with Gasteiger partial charge in [0.1, 0.15) is 17.9 Å². The van der Waals surface area contributed by atoms with Gasteiger partial charge in [-0.1, -0.05) is 18.9 Å². The Morgan fingerprint density at radius 1 is 1.20 bits per heavy atom. The van der Waals surface area contributed by atoms with E-state index in [2.05, 4.69) is 4.98 Å². The van der Waals surface area contributed by atoms with E-state index in [1.165, 1.54) is 6.07 Å². The Kier molecular flexibility index (Phi) is 5.65. The SMILES string of the molecule is Cc1cccn2cc(COC(=O)c3ccc(N4CCCCCC4)c([N+](=O)[O-])c3)nc12. The number of esters is 1. The number of pyridine rings is 1. The number of carbonyl (C=O) groups excluding carboxylic acids is 1. The van der Waals surface area contributed by atoms with Gasteiger partial charge in [0.25, 0.3) is 5.69 Å². The molecule has 0 amide bonds. The average molecular weight is 408 g/mol. The maximum Gasteiger partial charge on any atom is 0.338 e. The topological polar surface area (TPSA) is 90.0 Å². The Hall–Kier alpha value is -3.42. The quantitative estimate of drug-likeness (QED) is 0.355. The maximum atomic E-state index is 12.5. The van der Waals surface area contributed by atoms with E-state index in [9.17, 15) is 14.9 Å². The second-order valence-electron chi connectivity index (χ2n) is 7.59. The lowest BCUT2D eigenvalue weighted by atomic mass is 10.1. The number of anilines is 1. The molecular formula is C22H24N4O4. The maximum absolute atomic E-state index is 12.5. The van der Waals surface area contributed by atoms with Crippen LogP contribution < -0.4 is 4.90 Å². The van der Waals surface area contributed by atoms with Crippen LogP contribution in [0.1, 0.15) is 47.3 Å². The van der Waals surface area contributed by atoms with Gasteiger partial charge in [-0.25, -0.2) is 9.78 Å². The average Bonchev–Trinajstić information content (AvgIpc) is 2.98. The van der Waals surface area contributed by atoms with Crippen LogP contribution in [-0.4, -0.2) is 33.4 Å². The van der Waals surface area contributed by atoms with Crippen LogP contribution in [0, 0.1) is 17.0 Å². The van der Waals surface area contributed by atoms with Crippen molar-refractivity contribution in [3.63, 3.8) is 0 Å². The summed E-state index contributed by atoms with van der Waals surface area (Å²) < 4.78 is 7.25. The predicted molar refractivity (Wildman–Crippen MR) is 113 cm³/mol. The summed E-state index contributed by atoms with van der Waals surface area (Å²) in [7, 11) is 0. The van der Waals surface area contributed by atoms with Crippen LogP contribution in [0.15, 0.2) is 42.7 Å². The zero-order valence-electron chi connectivity index (χ0n) is 16.9. The zero-order valence-corrected chi connectivity index (χ0v) is 16.9. The van der Waals surface area contributed by atoms with Crippen LogP contribution in [-0.2, 0) is 11.3 Å². The molecule has 156 valence electrons. The first-order valence-electron chi connectivity index (χ1n) is 10.2. The molecule has 1 aliphatic rings. The van der Waals surface area contributed by atoms with Crippen molar-refractivity contribution >= 4 is 23.0 Å². The zero-order chi connectivity index (χ0) is 21.1. The Balaban J connectivity index is 1.51. The van der Waals surface area contributed by atoms with Gasteiger partial charge in [0.15, 0.2) is 0 Å². The first-order valence-corrected chi connectivity index (χ1v) is 10.2. The van der Waals surface area contributed by atoms with E-state index in [1.807, 2.05) is 34.6 Å². The fourth-order valence-corrected chi connectivity index (χ4v) is 3.87. The van der Waals surface area contributed by atoms with Crippen LogP contribution >= 0.6 is 0 Å². The number of rotatable bonds is 5. The predicted octanol–water partition coefficient (Wildman–Crippen LogP) is 4.29. The van der Waals surface area contributed by atoms with E-state index in [0.717, 1.165) is 50.0 Å². The van der Waals surface area contributed by atoms with Crippen molar-refractivity contribution in [2.75, 3.05) is 18.0 Å². The second-order valence-corrected chi connectivity index (χ2v) is 7.59. The number of hydrogen-bond acceptors (Lipinski definition) is 6. The summed E-state index contributed by atoms with van der Waals surface area (Å²) in [5, 5.41) is 11.6. The molecule has 0 N–H and O–H groups in total. The molecule has 1 aromatic carbocycles. The number of imidazole rings is 1. The first-order chi connectivity index (χ1) is 14.5. The molecule has 0 unspecified atom stereocenters. The Morgan fingerprint density at radius 3 is 2.67 bits per heavy atom. The van der Waals surface area contributed by atoms with Gasteiger partial charge in [0.05, 0.1) is 16.2 Å². The molecule has 0 spiro atoms. The van der Waals surface area contributed by atoms with Gasteiger partial charge < -0.3 is 14.0 Å². The third-order valence-electron chi connectivity index (χ3n) is 5.43. The number of nitro benzene ring substituents is 1. The number of aromatic nitrogens is 2. The lowest BCUT2D eigenvalue weighted by Crippen LogP contribution is -2.24. The molecule has 0 atom stereocenters. The standard InChI is InChI=1S/C22H24N4O4/c1-16-7-6-12-25-14-18(23-21(16)25)15-30-22(27)17-8-9-19(20(13-17)26(28)29)24-10-4-2-3-5-11-24/h6-9,12-14H,2-5,10-11,15H2,1H3. The number of hydrogen-bond donors (Lipinski definition) is 0. The van der Waals surface area contributed by atoms with Gasteiger partial charge in [-0.05, 0) is 43.5 Å². The third-order valence-corrected chi connectivity index (χ3v) is 5.43. The van der Waals surface area contributed by atoms with Crippen molar-refractivity contribution in [3.05, 3.63) is 69.7 Å². The Labute approximate surface area is 174 Å². The molecule has 0 radical (unpaired) electrons. The summed E-state index contributed by atoms with van der Waals surface area (Å²) in [6, 6.07) is 8.46. The molecule has 1 aliphatic heterocycles. The van der Waals surface area contributed by atoms with E-state index in [1.54, 1.807) is 18.3 Å². The van der Waals surface area contributed by atoms with Crippen molar-refractivity contribution in [2.24, 2.45) is 0 Å². The normalized spacial score (nSPS) is 14.5. The van der Waals surface area contributed by atoms with Gasteiger partial charge in [-0.2, -0.15) is 0 Å². The molecule has 4 rings (SSSR count).